The number of halogens is 1. The first kappa shape index (κ1) is 19.0. The molecule has 0 N–H and O–H groups in total. The summed E-state index contributed by atoms with van der Waals surface area (Å²) in [6, 6.07) is 9.21. The molecule has 0 spiro atoms. The Morgan fingerprint density at radius 1 is 1.25 bits per heavy atom. The van der Waals surface area contributed by atoms with Crippen molar-refractivity contribution < 1.29 is 23.7 Å². The van der Waals surface area contributed by atoms with E-state index >= 15 is 0 Å². The SMILES string of the molecule is COCCN1COc2ccc3c(c2C1)O/C(=C\c1cc(Br)ccc1OC)C3=O. The van der Waals surface area contributed by atoms with Crippen LogP contribution < -0.4 is 14.2 Å². The quantitative estimate of drug-likeness (QED) is 0.651. The highest BCUT2D eigenvalue weighted by Gasteiger charge is 2.33. The maximum atomic E-state index is 12.9. The van der Waals surface area contributed by atoms with Gasteiger partial charge in [0.15, 0.2) is 5.76 Å². The summed E-state index contributed by atoms with van der Waals surface area (Å²) in [5.41, 5.74) is 2.20. The second-order valence-corrected chi connectivity index (χ2v) is 7.48. The fraction of sp³-hybridized carbons (Fsp3) is 0.286. The molecule has 0 amide bonds. The Morgan fingerprint density at radius 3 is 2.89 bits per heavy atom. The number of rotatable bonds is 5. The summed E-state index contributed by atoms with van der Waals surface area (Å²) in [5, 5.41) is 0. The molecule has 2 aliphatic rings. The van der Waals surface area contributed by atoms with E-state index < -0.39 is 0 Å². The Morgan fingerprint density at radius 2 is 2.11 bits per heavy atom. The van der Waals surface area contributed by atoms with E-state index in [-0.39, 0.29) is 11.5 Å². The van der Waals surface area contributed by atoms with Crippen LogP contribution in [0.25, 0.3) is 6.08 Å². The molecule has 0 atom stereocenters. The number of nitrogens with zero attached hydrogens (tertiary/aromatic N) is 1. The van der Waals surface area contributed by atoms with Gasteiger partial charge < -0.3 is 18.9 Å². The standard InChI is InChI=1S/C21H20BrNO5/c1-25-8-7-23-11-16-18(27-12-23)6-4-15-20(24)19(28-21(15)16)10-13-9-14(22)3-5-17(13)26-2/h3-6,9-10H,7-8,11-12H2,1-2H3/b19-10-. The van der Waals surface area contributed by atoms with E-state index in [9.17, 15) is 4.79 Å². The smallest absolute Gasteiger partial charge is 0.231 e. The lowest BCUT2D eigenvalue weighted by molar-refractivity contribution is 0.0646. The lowest BCUT2D eigenvalue weighted by Gasteiger charge is -2.29. The van der Waals surface area contributed by atoms with E-state index in [2.05, 4.69) is 20.8 Å². The van der Waals surface area contributed by atoms with Gasteiger partial charge in [0, 0.05) is 30.2 Å². The van der Waals surface area contributed by atoms with Gasteiger partial charge in [0.05, 0.1) is 24.8 Å². The number of fused-ring (bicyclic) bond motifs is 3. The molecule has 0 aliphatic carbocycles. The summed E-state index contributed by atoms with van der Waals surface area (Å²) in [4.78, 5) is 15.0. The van der Waals surface area contributed by atoms with E-state index in [1.54, 1.807) is 26.4 Å². The number of hydrogen-bond donors (Lipinski definition) is 0. The number of carbonyl (C=O) groups is 1. The summed E-state index contributed by atoms with van der Waals surface area (Å²) in [6.07, 6.45) is 1.71. The molecule has 7 heteroatoms. The van der Waals surface area contributed by atoms with Crippen LogP contribution in [0.15, 0.2) is 40.6 Å². The predicted octanol–water partition coefficient (Wildman–Crippen LogP) is 3.87. The fourth-order valence-corrected chi connectivity index (χ4v) is 3.71. The molecular weight excluding hydrogens is 426 g/mol. The summed E-state index contributed by atoms with van der Waals surface area (Å²) in [7, 11) is 3.27. The molecule has 2 aromatic carbocycles. The van der Waals surface area contributed by atoms with Crippen LogP contribution >= 0.6 is 15.9 Å². The number of ketones is 1. The van der Waals surface area contributed by atoms with Crippen molar-refractivity contribution in [2.24, 2.45) is 0 Å². The van der Waals surface area contributed by atoms with Gasteiger partial charge >= 0.3 is 0 Å². The first-order valence-corrected chi connectivity index (χ1v) is 9.67. The third kappa shape index (κ3) is 3.53. The molecule has 0 radical (unpaired) electrons. The Kier molecular flexibility index (Phi) is 5.39. The predicted molar refractivity (Wildman–Crippen MR) is 108 cm³/mol. The molecule has 0 fully saturated rings. The van der Waals surface area contributed by atoms with Crippen LogP contribution in [-0.2, 0) is 11.3 Å². The first-order chi connectivity index (χ1) is 13.6. The van der Waals surface area contributed by atoms with Crippen molar-refractivity contribution in [3.63, 3.8) is 0 Å². The van der Waals surface area contributed by atoms with E-state index in [1.807, 2.05) is 24.3 Å². The zero-order valence-electron chi connectivity index (χ0n) is 15.7. The molecule has 0 unspecified atom stereocenters. The van der Waals surface area contributed by atoms with Gasteiger partial charge in [-0.05, 0) is 36.4 Å². The lowest BCUT2D eigenvalue weighted by Crippen LogP contribution is -2.34. The molecule has 146 valence electrons. The molecule has 0 saturated heterocycles. The molecule has 2 aromatic rings. The van der Waals surface area contributed by atoms with E-state index in [1.165, 1.54) is 0 Å². The van der Waals surface area contributed by atoms with Crippen LogP contribution in [0, 0.1) is 0 Å². The van der Waals surface area contributed by atoms with Crippen molar-refractivity contribution in [1.82, 2.24) is 4.90 Å². The van der Waals surface area contributed by atoms with Crippen molar-refractivity contribution in [3.8, 4) is 17.2 Å². The maximum absolute atomic E-state index is 12.9. The van der Waals surface area contributed by atoms with E-state index in [0.717, 1.165) is 27.9 Å². The van der Waals surface area contributed by atoms with Crippen molar-refractivity contribution in [3.05, 3.63) is 57.3 Å². The van der Waals surface area contributed by atoms with Crippen LogP contribution in [0.5, 0.6) is 17.2 Å². The number of carbonyl (C=O) groups excluding carboxylic acids is 1. The van der Waals surface area contributed by atoms with Gasteiger partial charge in [-0.3, -0.25) is 9.69 Å². The van der Waals surface area contributed by atoms with Gasteiger partial charge in [0.2, 0.25) is 5.78 Å². The van der Waals surface area contributed by atoms with Gasteiger partial charge in [-0.15, -0.1) is 0 Å². The van der Waals surface area contributed by atoms with Crippen molar-refractivity contribution >= 4 is 27.8 Å². The third-order valence-corrected chi connectivity index (χ3v) is 5.27. The average molecular weight is 446 g/mol. The minimum absolute atomic E-state index is 0.145. The number of hydrogen-bond acceptors (Lipinski definition) is 6. The zero-order valence-corrected chi connectivity index (χ0v) is 17.2. The summed E-state index contributed by atoms with van der Waals surface area (Å²) in [5.74, 6) is 2.12. The average Bonchev–Trinajstić information content (AvgIpc) is 3.02. The first-order valence-electron chi connectivity index (χ1n) is 8.88. The molecular formula is C21H20BrNO5. The summed E-state index contributed by atoms with van der Waals surface area (Å²) >= 11 is 3.45. The highest BCUT2D eigenvalue weighted by molar-refractivity contribution is 9.10. The topological polar surface area (TPSA) is 57.2 Å². The highest BCUT2D eigenvalue weighted by atomic mass is 79.9. The van der Waals surface area contributed by atoms with Gasteiger partial charge in [-0.1, -0.05) is 15.9 Å². The normalized spacial score (nSPS) is 17.1. The Balaban J connectivity index is 1.67. The van der Waals surface area contributed by atoms with Gasteiger partial charge in [-0.2, -0.15) is 0 Å². The monoisotopic (exact) mass is 445 g/mol. The number of benzene rings is 2. The third-order valence-electron chi connectivity index (χ3n) is 4.77. The molecule has 2 aliphatic heterocycles. The Labute approximate surface area is 171 Å². The van der Waals surface area contributed by atoms with E-state index in [4.69, 9.17) is 18.9 Å². The molecule has 4 rings (SSSR count). The second-order valence-electron chi connectivity index (χ2n) is 6.56. The van der Waals surface area contributed by atoms with Crippen LogP contribution in [0.3, 0.4) is 0 Å². The minimum Gasteiger partial charge on any atom is -0.496 e. The molecule has 6 nitrogen and oxygen atoms in total. The number of methoxy groups -OCH3 is 2. The molecule has 0 bridgehead atoms. The Bertz CT molecular complexity index is 956. The molecule has 2 heterocycles. The number of Topliss-reactive ketones (excluding diaryl/α,β-unsaturated/α-hetero) is 1. The molecule has 0 aromatic heterocycles. The maximum Gasteiger partial charge on any atom is 0.231 e. The highest BCUT2D eigenvalue weighted by Crippen LogP contribution is 2.42. The lowest BCUT2D eigenvalue weighted by atomic mass is 10.0. The Hall–Kier alpha value is -2.35. The van der Waals surface area contributed by atoms with Crippen LogP contribution in [0.2, 0.25) is 0 Å². The summed E-state index contributed by atoms with van der Waals surface area (Å²) in [6.45, 7) is 2.48. The van der Waals surface area contributed by atoms with Crippen molar-refractivity contribution in [1.29, 1.82) is 0 Å². The van der Waals surface area contributed by atoms with Crippen LogP contribution in [0.1, 0.15) is 21.5 Å². The second kappa shape index (κ2) is 7.95. The fourth-order valence-electron chi connectivity index (χ4n) is 3.33. The van der Waals surface area contributed by atoms with E-state index in [0.29, 0.717) is 36.9 Å². The zero-order chi connectivity index (χ0) is 19.7. The molecule has 28 heavy (non-hydrogen) atoms. The van der Waals surface area contributed by atoms with Crippen LogP contribution in [0.4, 0.5) is 0 Å². The number of ether oxygens (including phenoxy) is 4. The van der Waals surface area contributed by atoms with Crippen LogP contribution in [-0.4, -0.2) is 44.8 Å². The van der Waals surface area contributed by atoms with Gasteiger partial charge in [0.1, 0.15) is 24.0 Å². The molecule has 0 saturated carbocycles. The van der Waals surface area contributed by atoms with Crippen molar-refractivity contribution in [2.45, 2.75) is 6.54 Å². The van der Waals surface area contributed by atoms with Gasteiger partial charge in [-0.25, -0.2) is 0 Å². The number of allylic oxidation sites excluding steroid dienone is 1. The van der Waals surface area contributed by atoms with Gasteiger partial charge in [0.25, 0.3) is 0 Å². The summed E-state index contributed by atoms with van der Waals surface area (Å²) < 4.78 is 23.3. The largest absolute Gasteiger partial charge is 0.496 e. The van der Waals surface area contributed by atoms with Crippen molar-refractivity contribution in [2.75, 3.05) is 34.1 Å². The minimum atomic E-state index is -0.145.